The average molecular weight is 351 g/mol. The molecular formula is C19H21N5O2. The van der Waals surface area contributed by atoms with Gasteiger partial charge >= 0.3 is 0 Å². The lowest BCUT2D eigenvalue weighted by atomic mass is 10.2. The monoisotopic (exact) mass is 351 g/mol. The summed E-state index contributed by atoms with van der Waals surface area (Å²) < 4.78 is 10.6. The van der Waals surface area contributed by atoms with Crippen LogP contribution in [-0.4, -0.2) is 35.7 Å². The molecule has 1 aromatic carbocycles. The fraction of sp³-hybridized carbons (Fsp3) is 0.211. The maximum absolute atomic E-state index is 5.32. The first kappa shape index (κ1) is 17.5. The second kappa shape index (κ2) is 8.15. The highest BCUT2D eigenvalue weighted by Crippen LogP contribution is 2.29. The maximum Gasteiger partial charge on any atom is 0.225 e. The van der Waals surface area contributed by atoms with E-state index in [-0.39, 0.29) is 0 Å². The molecule has 3 aromatic rings. The molecule has 2 N–H and O–H groups in total. The van der Waals surface area contributed by atoms with Crippen molar-refractivity contribution in [3.8, 4) is 22.9 Å². The van der Waals surface area contributed by atoms with Crippen LogP contribution >= 0.6 is 0 Å². The van der Waals surface area contributed by atoms with Gasteiger partial charge in [0.15, 0.2) is 0 Å². The second-order valence-corrected chi connectivity index (χ2v) is 5.43. The SMILES string of the molecule is CCNc1nc(Nc2cc(OC)cc(OC)c2)cc(-c2ccccn2)n1. The molecule has 0 saturated heterocycles. The third-order valence-corrected chi connectivity index (χ3v) is 3.61. The highest BCUT2D eigenvalue weighted by atomic mass is 16.5. The van der Waals surface area contributed by atoms with Crippen LogP contribution in [0.5, 0.6) is 11.5 Å². The molecule has 26 heavy (non-hydrogen) atoms. The van der Waals surface area contributed by atoms with Crippen LogP contribution in [0.15, 0.2) is 48.7 Å². The van der Waals surface area contributed by atoms with E-state index in [1.54, 1.807) is 20.4 Å². The van der Waals surface area contributed by atoms with E-state index in [9.17, 15) is 0 Å². The maximum atomic E-state index is 5.32. The van der Waals surface area contributed by atoms with Gasteiger partial charge in [-0.1, -0.05) is 6.07 Å². The Balaban J connectivity index is 1.98. The number of hydrogen-bond acceptors (Lipinski definition) is 7. The summed E-state index contributed by atoms with van der Waals surface area (Å²) in [7, 11) is 3.23. The Bertz CT molecular complexity index is 849. The van der Waals surface area contributed by atoms with Crippen molar-refractivity contribution in [2.75, 3.05) is 31.4 Å². The van der Waals surface area contributed by atoms with Gasteiger partial charge in [-0.15, -0.1) is 0 Å². The smallest absolute Gasteiger partial charge is 0.225 e. The standard InChI is InChI=1S/C19H21N5O2/c1-4-20-19-23-17(16-7-5-6-8-21-16)12-18(24-19)22-13-9-14(25-2)11-15(10-13)26-3/h5-12H,4H2,1-3H3,(H2,20,22,23,24). The van der Waals surface area contributed by atoms with Crippen molar-refractivity contribution in [2.45, 2.75) is 6.92 Å². The molecule has 2 heterocycles. The Morgan fingerprint density at radius 2 is 1.69 bits per heavy atom. The van der Waals surface area contributed by atoms with Crippen LogP contribution in [0.2, 0.25) is 0 Å². The van der Waals surface area contributed by atoms with Gasteiger partial charge in [0.2, 0.25) is 5.95 Å². The molecule has 7 heteroatoms. The molecule has 0 atom stereocenters. The molecule has 0 unspecified atom stereocenters. The number of hydrogen-bond donors (Lipinski definition) is 2. The van der Waals surface area contributed by atoms with Gasteiger partial charge < -0.3 is 20.1 Å². The van der Waals surface area contributed by atoms with Gasteiger partial charge in [0.25, 0.3) is 0 Å². The zero-order valence-electron chi connectivity index (χ0n) is 15.0. The van der Waals surface area contributed by atoms with Crippen LogP contribution in [0.4, 0.5) is 17.5 Å². The van der Waals surface area contributed by atoms with E-state index in [1.165, 1.54) is 0 Å². The molecule has 134 valence electrons. The molecule has 0 amide bonds. The molecule has 0 aliphatic rings. The van der Waals surface area contributed by atoms with E-state index in [2.05, 4.69) is 25.6 Å². The van der Waals surface area contributed by atoms with Crippen LogP contribution in [-0.2, 0) is 0 Å². The topological polar surface area (TPSA) is 81.2 Å². The van der Waals surface area contributed by atoms with Crippen LogP contribution in [0, 0.1) is 0 Å². The van der Waals surface area contributed by atoms with Crippen molar-refractivity contribution in [3.63, 3.8) is 0 Å². The summed E-state index contributed by atoms with van der Waals surface area (Å²) in [5.74, 6) is 2.57. The van der Waals surface area contributed by atoms with Crippen LogP contribution in [0.1, 0.15) is 6.92 Å². The van der Waals surface area contributed by atoms with Crippen LogP contribution in [0.3, 0.4) is 0 Å². The van der Waals surface area contributed by atoms with E-state index < -0.39 is 0 Å². The summed E-state index contributed by atoms with van der Waals surface area (Å²) in [6.45, 7) is 2.72. The van der Waals surface area contributed by atoms with E-state index in [0.717, 1.165) is 23.6 Å². The summed E-state index contributed by atoms with van der Waals surface area (Å²) in [5.41, 5.74) is 2.31. The zero-order chi connectivity index (χ0) is 18.4. The van der Waals surface area contributed by atoms with Crippen molar-refractivity contribution < 1.29 is 9.47 Å². The molecule has 0 fully saturated rings. The van der Waals surface area contributed by atoms with Gasteiger partial charge in [-0.3, -0.25) is 4.98 Å². The number of aromatic nitrogens is 3. The molecule has 0 bridgehead atoms. The lowest BCUT2D eigenvalue weighted by Gasteiger charge is -2.12. The van der Waals surface area contributed by atoms with Crippen molar-refractivity contribution >= 4 is 17.5 Å². The minimum atomic E-state index is 0.535. The molecular weight excluding hydrogens is 330 g/mol. The van der Waals surface area contributed by atoms with Crippen molar-refractivity contribution in [1.82, 2.24) is 15.0 Å². The lowest BCUT2D eigenvalue weighted by molar-refractivity contribution is 0.395. The van der Waals surface area contributed by atoms with Crippen molar-refractivity contribution in [3.05, 3.63) is 48.7 Å². The summed E-state index contributed by atoms with van der Waals surface area (Å²) in [6, 6.07) is 13.1. The largest absolute Gasteiger partial charge is 0.497 e. The molecule has 2 aromatic heterocycles. The van der Waals surface area contributed by atoms with E-state index in [0.29, 0.717) is 23.3 Å². The molecule has 0 radical (unpaired) electrons. The van der Waals surface area contributed by atoms with Gasteiger partial charge in [-0.2, -0.15) is 4.98 Å². The molecule has 3 rings (SSSR count). The quantitative estimate of drug-likeness (QED) is 0.671. The number of pyridine rings is 1. The van der Waals surface area contributed by atoms with Crippen LogP contribution < -0.4 is 20.1 Å². The van der Waals surface area contributed by atoms with Crippen molar-refractivity contribution in [2.24, 2.45) is 0 Å². The Labute approximate surface area is 152 Å². The third-order valence-electron chi connectivity index (χ3n) is 3.61. The van der Waals surface area contributed by atoms with Crippen molar-refractivity contribution in [1.29, 1.82) is 0 Å². The van der Waals surface area contributed by atoms with Crippen LogP contribution in [0.25, 0.3) is 11.4 Å². The molecule has 0 aliphatic heterocycles. The highest BCUT2D eigenvalue weighted by molar-refractivity contribution is 5.67. The number of benzene rings is 1. The molecule has 0 spiro atoms. The summed E-state index contributed by atoms with van der Waals surface area (Å²) in [4.78, 5) is 13.4. The molecule has 7 nitrogen and oxygen atoms in total. The first-order valence-corrected chi connectivity index (χ1v) is 8.26. The molecule has 0 aliphatic carbocycles. The van der Waals surface area contributed by atoms with Gasteiger partial charge in [-0.25, -0.2) is 4.98 Å². The number of anilines is 3. The number of rotatable bonds is 7. The lowest BCUT2D eigenvalue weighted by Crippen LogP contribution is -2.05. The van der Waals surface area contributed by atoms with E-state index >= 15 is 0 Å². The third kappa shape index (κ3) is 4.18. The summed E-state index contributed by atoms with van der Waals surface area (Å²) in [6.07, 6.45) is 1.74. The molecule has 0 saturated carbocycles. The van der Waals surface area contributed by atoms with Gasteiger partial charge in [0.1, 0.15) is 17.3 Å². The fourth-order valence-electron chi connectivity index (χ4n) is 2.42. The Morgan fingerprint density at radius 3 is 2.31 bits per heavy atom. The van der Waals surface area contributed by atoms with Gasteiger partial charge in [0.05, 0.1) is 25.6 Å². The Hall–Kier alpha value is -3.35. The Kier molecular flexibility index (Phi) is 5.48. The van der Waals surface area contributed by atoms with E-state index in [4.69, 9.17) is 9.47 Å². The Morgan fingerprint density at radius 1 is 0.923 bits per heavy atom. The number of ether oxygens (including phenoxy) is 2. The first-order chi connectivity index (χ1) is 12.7. The van der Waals surface area contributed by atoms with Gasteiger partial charge in [-0.05, 0) is 19.1 Å². The first-order valence-electron chi connectivity index (χ1n) is 8.26. The van der Waals surface area contributed by atoms with E-state index in [1.807, 2.05) is 49.4 Å². The number of nitrogens with one attached hydrogen (secondary N) is 2. The summed E-state index contributed by atoms with van der Waals surface area (Å²) >= 11 is 0. The summed E-state index contributed by atoms with van der Waals surface area (Å²) in [5, 5.41) is 6.43. The average Bonchev–Trinajstić information content (AvgIpc) is 2.68. The highest BCUT2D eigenvalue weighted by Gasteiger charge is 2.09. The minimum Gasteiger partial charge on any atom is -0.497 e. The van der Waals surface area contributed by atoms with Gasteiger partial charge in [0, 0.05) is 42.7 Å². The zero-order valence-corrected chi connectivity index (χ0v) is 15.0. The normalized spacial score (nSPS) is 10.3. The number of nitrogens with zero attached hydrogens (tertiary/aromatic N) is 3. The predicted molar refractivity (Wildman–Crippen MR) is 102 cm³/mol. The number of methoxy groups -OCH3 is 2. The fourth-order valence-corrected chi connectivity index (χ4v) is 2.42. The second-order valence-electron chi connectivity index (χ2n) is 5.43. The predicted octanol–water partition coefficient (Wildman–Crippen LogP) is 3.73. The minimum absolute atomic E-state index is 0.535.